The molecule has 3 aromatic rings. The predicted octanol–water partition coefficient (Wildman–Crippen LogP) is 1.60. The third-order valence-electron chi connectivity index (χ3n) is 5.79. The zero-order chi connectivity index (χ0) is 21.3. The lowest BCUT2D eigenvalue weighted by atomic mass is 10.0. The van der Waals surface area contributed by atoms with Crippen molar-refractivity contribution in [3.8, 4) is 0 Å². The summed E-state index contributed by atoms with van der Waals surface area (Å²) in [5.74, 6) is -0.597. The molecule has 1 fully saturated rings. The maximum Gasteiger partial charge on any atom is 0.332 e. The van der Waals surface area contributed by atoms with Crippen molar-refractivity contribution >= 4 is 16.8 Å². The number of piperidine rings is 1. The molecule has 0 bridgehead atoms. The van der Waals surface area contributed by atoms with E-state index in [2.05, 4.69) is 4.90 Å². The van der Waals surface area contributed by atoms with Crippen molar-refractivity contribution in [3.05, 3.63) is 80.5 Å². The topological polar surface area (TPSA) is 96.6 Å². The SMILES string of the molecule is CN1CCC(n2c(=O)c3ccccc3n(Cc3ccc(C(=O)NO)cc3)c2=O)CC1. The van der Waals surface area contributed by atoms with Crippen molar-refractivity contribution in [3.63, 3.8) is 0 Å². The molecular formula is C22H24N4O4. The molecule has 0 aliphatic carbocycles. The summed E-state index contributed by atoms with van der Waals surface area (Å²) >= 11 is 0. The molecule has 156 valence electrons. The van der Waals surface area contributed by atoms with E-state index in [-0.39, 0.29) is 23.8 Å². The summed E-state index contributed by atoms with van der Waals surface area (Å²) in [7, 11) is 2.04. The van der Waals surface area contributed by atoms with Gasteiger partial charge in [0.25, 0.3) is 11.5 Å². The number of nitrogens with one attached hydrogen (secondary N) is 1. The average Bonchev–Trinajstić information content (AvgIpc) is 2.78. The third kappa shape index (κ3) is 3.67. The summed E-state index contributed by atoms with van der Waals surface area (Å²) in [6.07, 6.45) is 1.52. The van der Waals surface area contributed by atoms with Crippen LogP contribution in [0.15, 0.2) is 58.1 Å². The number of benzene rings is 2. The fourth-order valence-corrected chi connectivity index (χ4v) is 4.08. The predicted molar refractivity (Wildman–Crippen MR) is 113 cm³/mol. The van der Waals surface area contributed by atoms with Crippen LogP contribution in [0.2, 0.25) is 0 Å². The van der Waals surface area contributed by atoms with Crippen LogP contribution in [-0.2, 0) is 6.54 Å². The molecule has 0 spiro atoms. The third-order valence-corrected chi connectivity index (χ3v) is 5.79. The lowest BCUT2D eigenvalue weighted by Crippen LogP contribution is -2.45. The van der Waals surface area contributed by atoms with E-state index in [1.165, 1.54) is 4.57 Å². The Balaban J connectivity index is 1.80. The molecule has 30 heavy (non-hydrogen) atoms. The highest BCUT2D eigenvalue weighted by atomic mass is 16.5. The van der Waals surface area contributed by atoms with Gasteiger partial charge in [0.1, 0.15) is 0 Å². The van der Waals surface area contributed by atoms with Crippen LogP contribution >= 0.6 is 0 Å². The molecule has 1 aliphatic heterocycles. The first-order valence-corrected chi connectivity index (χ1v) is 9.95. The number of amides is 1. The van der Waals surface area contributed by atoms with Gasteiger partial charge < -0.3 is 4.90 Å². The lowest BCUT2D eigenvalue weighted by molar-refractivity contribution is 0.0706. The number of nitrogens with zero attached hydrogens (tertiary/aromatic N) is 3. The van der Waals surface area contributed by atoms with Crippen molar-refractivity contribution in [2.24, 2.45) is 0 Å². The van der Waals surface area contributed by atoms with Crippen LogP contribution in [0.1, 0.15) is 34.8 Å². The van der Waals surface area contributed by atoms with Crippen molar-refractivity contribution in [1.82, 2.24) is 19.5 Å². The van der Waals surface area contributed by atoms with Crippen molar-refractivity contribution < 1.29 is 10.0 Å². The van der Waals surface area contributed by atoms with Crippen LogP contribution in [-0.4, -0.2) is 45.3 Å². The summed E-state index contributed by atoms with van der Waals surface area (Å²) in [6, 6.07) is 13.7. The zero-order valence-electron chi connectivity index (χ0n) is 16.7. The number of likely N-dealkylation sites (tertiary alicyclic amines) is 1. The van der Waals surface area contributed by atoms with Gasteiger partial charge in [0, 0.05) is 11.6 Å². The molecular weight excluding hydrogens is 384 g/mol. The van der Waals surface area contributed by atoms with Gasteiger partial charge in [-0.3, -0.25) is 23.9 Å². The average molecular weight is 408 g/mol. The van der Waals surface area contributed by atoms with E-state index in [0.29, 0.717) is 16.5 Å². The second kappa shape index (κ2) is 8.25. The van der Waals surface area contributed by atoms with Crippen LogP contribution in [0.25, 0.3) is 10.9 Å². The molecule has 0 unspecified atom stereocenters. The maximum absolute atomic E-state index is 13.4. The second-order valence-electron chi connectivity index (χ2n) is 7.73. The molecule has 4 rings (SSSR count). The van der Waals surface area contributed by atoms with E-state index < -0.39 is 5.91 Å². The molecule has 0 saturated carbocycles. The maximum atomic E-state index is 13.4. The van der Waals surface area contributed by atoms with Crippen molar-refractivity contribution in [1.29, 1.82) is 0 Å². The van der Waals surface area contributed by atoms with Gasteiger partial charge in [0.05, 0.1) is 17.4 Å². The van der Waals surface area contributed by atoms with Gasteiger partial charge in [-0.25, -0.2) is 10.3 Å². The standard InChI is InChI=1S/C22H24N4O4/c1-24-12-10-17(11-13-24)26-21(28)18-4-2-3-5-19(18)25(22(26)29)14-15-6-8-16(9-7-15)20(27)23-30/h2-9,17,30H,10-14H2,1H3,(H,23,27). The minimum atomic E-state index is -0.597. The highest BCUT2D eigenvalue weighted by Gasteiger charge is 2.24. The molecule has 2 heterocycles. The Hall–Kier alpha value is -3.23. The first-order chi connectivity index (χ1) is 14.5. The zero-order valence-corrected chi connectivity index (χ0v) is 16.7. The van der Waals surface area contributed by atoms with Gasteiger partial charge in [0.15, 0.2) is 0 Å². The van der Waals surface area contributed by atoms with Gasteiger partial charge in [-0.2, -0.15) is 0 Å². The Morgan fingerprint density at radius 2 is 1.73 bits per heavy atom. The molecule has 0 atom stereocenters. The molecule has 1 saturated heterocycles. The summed E-state index contributed by atoms with van der Waals surface area (Å²) in [5.41, 5.74) is 2.76. The first-order valence-electron chi connectivity index (χ1n) is 9.95. The highest BCUT2D eigenvalue weighted by molar-refractivity contribution is 5.93. The Kier molecular flexibility index (Phi) is 5.52. The fraction of sp³-hybridized carbons (Fsp3) is 0.318. The molecule has 1 aliphatic rings. The monoisotopic (exact) mass is 408 g/mol. The Morgan fingerprint density at radius 1 is 1.07 bits per heavy atom. The lowest BCUT2D eigenvalue weighted by Gasteiger charge is -2.30. The normalized spacial score (nSPS) is 15.4. The number of aromatic nitrogens is 2. The van der Waals surface area contributed by atoms with E-state index in [4.69, 9.17) is 5.21 Å². The van der Waals surface area contributed by atoms with Gasteiger partial charge in [-0.15, -0.1) is 0 Å². The van der Waals surface area contributed by atoms with E-state index in [1.807, 2.05) is 13.1 Å². The largest absolute Gasteiger partial charge is 0.332 e. The van der Waals surface area contributed by atoms with Gasteiger partial charge in [-0.05, 0) is 62.8 Å². The molecule has 0 radical (unpaired) electrons. The van der Waals surface area contributed by atoms with Crippen LogP contribution in [0.4, 0.5) is 0 Å². The Morgan fingerprint density at radius 3 is 2.40 bits per heavy atom. The van der Waals surface area contributed by atoms with Crippen molar-refractivity contribution in [2.45, 2.75) is 25.4 Å². The van der Waals surface area contributed by atoms with E-state index in [0.717, 1.165) is 31.5 Å². The number of para-hydroxylation sites is 1. The van der Waals surface area contributed by atoms with Gasteiger partial charge in [-0.1, -0.05) is 24.3 Å². The smallest absolute Gasteiger partial charge is 0.306 e. The second-order valence-corrected chi connectivity index (χ2v) is 7.73. The molecule has 2 N–H and O–H groups in total. The Bertz CT molecular complexity index is 1190. The quantitative estimate of drug-likeness (QED) is 0.505. The van der Waals surface area contributed by atoms with Crippen LogP contribution in [0, 0.1) is 0 Å². The number of carbonyl (C=O) groups excluding carboxylic acids is 1. The van der Waals surface area contributed by atoms with Gasteiger partial charge >= 0.3 is 5.69 Å². The number of hydrogen-bond acceptors (Lipinski definition) is 5. The van der Waals surface area contributed by atoms with E-state index in [9.17, 15) is 14.4 Å². The van der Waals surface area contributed by atoms with Crippen LogP contribution < -0.4 is 16.7 Å². The summed E-state index contributed by atoms with van der Waals surface area (Å²) in [5, 5.41) is 9.28. The molecule has 8 heteroatoms. The molecule has 2 aromatic carbocycles. The highest BCUT2D eigenvalue weighted by Crippen LogP contribution is 2.20. The first kappa shape index (κ1) is 20.1. The van der Waals surface area contributed by atoms with E-state index >= 15 is 0 Å². The van der Waals surface area contributed by atoms with Crippen LogP contribution in [0.5, 0.6) is 0 Å². The number of fused-ring (bicyclic) bond motifs is 1. The summed E-state index contributed by atoms with van der Waals surface area (Å²) < 4.78 is 3.04. The van der Waals surface area contributed by atoms with E-state index in [1.54, 1.807) is 52.5 Å². The number of rotatable bonds is 4. The molecule has 8 nitrogen and oxygen atoms in total. The van der Waals surface area contributed by atoms with Crippen LogP contribution in [0.3, 0.4) is 0 Å². The summed E-state index contributed by atoms with van der Waals surface area (Å²) in [4.78, 5) is 40.3. The number of hydroxylamine groups is 1. The number of carbonyl (C=O) groups is 1. The molecule has 1 amide bonds. The minimum Gasteiger partial charge on any atom is -0.306 e. The minimum absolute atomic E-state index is 0.118. The number of hydrogen-bond donors (Lipinski definition) is 2. The fourth-order valence-electron chi connectivity index (χ4n) is 4.08. The molecule has 1 aromatic heterocycles. The Labute approximate surface area is 172 Å². The van der Waals surface area contributed by atoms with Crippen molar-refractivity contribution in [2.75, 3.05) is 20.1 Å². The summed E-state index contributed by atoms with van der Waals surface area (Å²) in [6.45, 7) is 1.96. The van der Waals surface area contributed by atoms with Gasteiger partial charge in [0.2, 0.25) is 0 Å².